The van der Waals surface area contributed by atoms with Crippen molar-refractivity contribution < 1.29 is 32.5 Å². The number of hydrogen-bond donors (Lipinski definition) is 3. The number of carbonyl (C=O) groups excluding carboxylic acids is 1. The molecule has 6 nitrogen and oxygen atoms in total. The van der Waals surface area contributed by atoms with E-state index in [4.69, 9.17) is 0 Å². The number of quaternary nitrogens is 2. The lowest BCUT2D eigenvalue weighted by Crippen LogP contribution is -3.28. The third-order valence-corrected chi connectivity index (χ3v) is 5.02. The molecule has 0 unspecified atom stereocenters. The number of benzene rings is 2. The summed E-state index contributed by atoms with van der Waals surface area (Å²) in [6, 6.07) is 14.9. The van der Waals surface area contributed by atoms with Gasteiger partial charge in [-0.25, -0.2) is 0 Å². The van der Waals surface area contributed by atoms with Gasteiger partial charge in [-0.3, -0.25) is 4.79 Å². The van der Waals surface area contributed by atoms with Crippen molar-refractivity contribution in [1.82, 2.24) is 0 Å². The third-order valence-electron chi connectivity index (χ3n) is 5.02. The largest absolute Gasteiger partial charge is 0.573 e. The maximum Gasteiger partial charge on any atom is 0.573 e. The standard InChI is InChI=1S/C21H21F3N4O2/c22-21(23,24)30-19-7-5-18(6-8-19)26-20(29)15-28-11-9-27(10-12-28)14-17-4-2-1-3-16(17)13-25/h1-8H,9-12,14-15H2,(H,26,29)/p+2. The number of alkyl halides is 3. The van der Waals surface area contributed by atoms with Gasteiger partial charge in [0, 0.05) is 11.3 Å². The molecule has 0 aliphatic carbocycles. The van der Waals surface area contributed by atoms with E-state index in [9.17, 15) is 23.2 Å². The topological polar surface area (TPSA) is 71.0 Å². The number of piperazine rings is 1. The minimum Gasteiger partial charge on any atom is -0.406 e. The maximum atomic E-state index is 12.3. The number of hydrogen-bond acceptors (Lipinski definition) is 3. The summed E-state index contributed by atoms with van der Waals surface area (Å²) in [5.41, 5.74) is 2.16. The molecule has 1 aliphatic rings. The highest BCUT2D eigenvalue weighted by atomic mass is 19.4. The number of nitrogens with one attached hydrogen (secondary N) is 3. The molecule has 0 radical (unpaired) electrons. The van der Waals surface area contributed by atoms with Gasteiger partial charge in [0.15, 0.2) is 6.54 Å². The van der Waals surface area contributed by atoms with Crippen LogP contribution in [-0.2, 0) is 11.3 Å². The number of nitrogens with zero attached hydrogens (tertiary/aromatic N) is 1. The van der Waals surface area contributed by atoms with Crippen molar-refractivity contribution in [2.75, 3.05) is 38.0 Å². The summed E-state index contributed by atoms with van der Waals surface area (Å²) in [6.45, 7) is 4.53. The van der Waals surface area contributed by atoms with Gasteiger partial charge in [0.05, 0.1) is 11.6 Å². The lowest BCUT2D eigenvalue weighted by atomic mass is 10.1. The molecule has 1 aliphatic heterocycles. The molecule has 2 aromatic carbocycles. The molecule has 1 saturated heterocycles. The van der Waals surface area contributed by atoms with Gasteiger partial charge in [-0.1, -0.05) is 18.2 Å². The van der Waals surface area contributed by atoms with Gasteiger partial charge in [-0.05, 0) is 30.3 Å². The number of carbonyl (C=O) groups is 1. The predicted molar refractivity (Wildman–Crippen MR) is 103 cm³/mol. The molecule has 2 aromatic rings. The summed E-state index contributed by atoms with van der Waals surface area (Å²) in [7, 11) is 0. The number of rotatable bonds is 6. The van der Waals surface area contributed by atoms with Crippen molar-refractivity contribution >= 4 is 11.6 Å². The molecule has 3 N–H and O–H groups in total. The summed E-state index contributed by atoms with van der Waals surface area (Å²) >= 11 is 0. The highest BCUT2D eigenvalue weighted by Crippen LogP contribution is 2.23. The second-order valence-electron chi connectivity index (χ2n) is 7.24. The van der Waals surface area contributed by atoms with Crippen LogP contribution in [0.2, 0.25) is 0 Å². The van der Waals surface area contributed by atoms with E-state index in [-0.39, 0.29) is 11.7 Å². The van der Waals surface area contributed by atoms with Crippen LogP contribution >= 0.6 is 0 Å². The second-order valence-corrected chi connectivity index (χ2v) is 7.24. The van der Waals surface area contributed by atoms with E-state index in [0.29, 0.717) is 17.8 Å². The van der Waals surface area contributed by atoms with Crippen molar-refractivity contribution in [3.8, 4) is 11.8 Å². The van der Waals surface area contributed by atoms with Gasteiger partial charge in [-0.2, -0.15) is 5.26 Å². The molecule has 0 atom stereocenters. The van der Waals surface area contributed by atoms with E-state index in [1.54, 1.807) is 0 Å². The van der Waals surface area contributed by atoms with Crippen LogP contribution in [0.25, 0.3) is 0 Å². The molecule has 30 heavy (non-hydrogen) atoms. The van der Waals surface area contributed by atoms with Crippen molar-refractivity contribution in [2.24, 2.45) is 0 Å². The van der Waals surface area contributed by atoms with Crippen LogP contribution in [-0.4, -0.2) is 45.0 Å². The number of halogens is 3. The highest BCUT2D eigenvalue weighted by molar-refractivity contribution is 5.91. The van der Waals surface area contributed by atoms with Gasteiger partial charge in [0.1, 0.15) is 38.5 Å². The SMILES string of the molecule is N#Cc1ccccc1C[NH+]1CC[NH+](CC(=O)Nc2ccc(OC(F)(F)F)cc2)CC1. The molecule has 0 spiro atoms. The van der Waals surface area contributed by atoms with Gasteiger partial charge < -0.3 is 19.9 Å². The number of nitriles is 1. The number of ether oxygens (including phenoxy) is 1. The maximum absolute atomic E-state index is 12.3. The molecule has 1 heterocycles. The summed E-state index contributed by atoms with van der Waals surface area (Å²) in [6.07, 6.45) is -4.74. The van der Waals surface area contributed by atoms with E-state index in [1.165, 1.54) is 17.0 Å². The molecule has 0 aromatic heterocycles. The minimum atomic E-state index is -4.74. The van der Waals surface area contributed by atoms with Gasteiger partial charge in [-0.15, -0.1) is 13.2 Å². The summed E-state index contributed by atoms with van der Waals surface area (Å²) in [5.74, 6) is -0.518. The van der Waals surface area contributed by atoms with Crippen LogP contribution in [0.5, 0.6) is 5.75 Å². The van der Waals surface area contributed by atoms with E-state index in [2.05, 4.69) is 16.1 Å². The van der Waals surface area contributed by atoms with Crippen molar-refractivity contribution in [1.29, 1.82) is 5.26 Å². The molecule has 158 valence electrons. The van der Waals surface area contributed by atoms with E-state index < -0.39 is 6.36 Å². The van der Waals surface area contributed by atoms with Crippen molar-refractivity contribution in [2.45, 2.75) is 12.9 Å². The Morgan fingerprint density at radius 1 is 1.03 bits per heavy atom. The average Bonchev–Trinajstić information content (AvgIpc) is 2.70. The lowest BCUT2D eigenvalue weighted by molar-refractivity contribution is -1.02. The molecule has 1 fully saturated rings. The van der Waals surface area contributed by atoms with Gasteiger partial charge in [0.25, 0.3) is 5.91 Å². The Morgan fingerprint density at radius 3 is 2.30 bits per heavy atom. The molecular formula is C21H23F3N4O2+2. The molecule has 3 rings (SSSR count). The highest BCUT2D eigenvalue weighted by Gasteiger charge is 2.31. The monoisotopic (exact) mass is 420 g/mol. The van der Waals surface area contributed by atoms with Crippen molar-refractivity contribution in [3.05, 3.63) is 59.7 Å². The van der Waals surface area contributed by atoms with Crippen LogP contribution in [0.3, 0.4) is 0 Å². The fraction of sp³-hybridized carbons (Fsp3) is 0.333. The lowest BCUT2D eigenvalue weighted by Gasteiger charge is -2.29. The second kappa shape index (κ2) is 9.61. The first kappa shape index (κ1) is 21.6. The minimum absolute atomic E-state index is 0.187. The number of amides is 1. The molecule has 9 heteroatoms. The smallest absolute Gasteiger partial charge is 0.406 e. The van der Waals surface area contributed by atoms with Gasteiger partial charge >= 0.3 is 6.36 Å². The third kappa shape index (κ3) is 6.47. The zero-order valence-corrected chi connectivity index (χ0v) is 16.3. The van der Waals surface area contributed by atoms with Crippen LogP contribution in [0.4, 0.5) is 18.9 Å². The quantitative estimate of drug-likeness (QED) is 0.633. The van der Waals surface area contributed by atoms with Crippen LogP contribution in [0, 0.1) is 11.3 Å². The van der Waals surface area contributed by atoms with Crippen LogP contribution < -0.4 is 19.9 Å². The van der Waals surface area contributed by atoms with E-state index >= 15 is 0 Å². The zero-order chi connectivity index (χ0) is 21.6. The number of anilines is 1. The van der Waals surface area contributed by atoms with E-state index in [1.807, 2.05) is 24.3 Å². The van der Waals surface area contributed by atoms with E-state index in [0.717, 1.165) is 55.3 Å². The summed E-state index contributed by atoms with van der Waals surface area (Å²) in [4.78, 5) is 14.8. The summed E-state index contributed by atoms with van der Waals surface area (Å²) < 4.78 is 40.4. The Balaban J connectivity index is 1.43. The van der Waals surface area contributed by atoms with Gasteiger partial charge in [0.2, 0.25) is 0 Å². The van der Waals surface area contributed by atoms with Crippen LogP contribution in [0.15, 0.2) is 48.5 Å². The first-order valence-electron chi connectivity index (χ1n) is 9.63. The zero-order valence-electron chi connectivity index (χ0n) is 16.3. The first-order valence-corrected chi connectivity index (χ1v) is 9.63. The Kier molecular flexibility index (Phi) is 6.92. The Hall–Kier alpha value is -3.09. The molecule has 1 amide bonds. The Morgan fingerprint density at radius 2 is 1.67 bits per heavy atom. The molecular weight excluding hydrogens is 397 g/mol. The fourth-order valence-electron chi connectivity index (χ4n) is 3.54. The summed E-state index contributed by atoms with van der Waals surface area (Å²) in [5, 5.41) is 11.9. The normalized spacial score (nSPS) is 19.0. The molecule has 0 saturated carbocycles. The average molecular weight is 420 g/mol. The van der Waals surface area contributed by atoms with Crippen LogP contribution in [0.1, 0.15) is 11.1 Å². The predicted octanol–water partition coefficient (Wildman–Crippen LogP) is 0.379. The van der Waals surface area contributed by atoms with Crippen molar-refractivity contribution in [3.63, 3.8) is 0 Å². The molecule has 0 bridgehead atoms. The Bertz CT molecular complexity index is 902. The fourth-order valence-corrected chi connectivity index (χ4v) is 3.54. The first-order chi connectivity index (χ1) is 14.3. The Labute approximate surface area is 172 Å².